The van der Waals surface area contributed by atoms with E-state index in [0.29, 0.717) is 0 Å². The first-order valence-corrected chi connectivity index (χ1v) is 5.50. The minimum atomic E-state index is -0.987. The predicted molar refractivity (Wildman–Crippen MR) is 55.6 cm³/mol. The lowest BCUT2D eigenvalue weighted by atomic mass is 10.1. The lowest BCUT2D eigenvalue weighted by Crippen LogP contribution is -2.41. The van der Waals surface area contributed by atoms with Crippen molar-refractivity contribution >= 4 is 21.9 Å². The summed E-state index contributed by atoms with van der Waals surface area (Å²) < 4.78 is 15.2. The van der Waals surface area contributed by atoms with Crippen LogP contribution in [0.25, 0.3) is 0 Å². The zero-order valence-electron chi connectivity index (χ0n) is 8.90. The Morgan fingerprint density at radius 1 is 1.67 bits per heavy atom. The molecule has 15 heavy (non-hydrogen) atoms. The molecule has 0 amide bonds. The van der Waals surface area contributed by atoms with Crippen LogP contribution in [-0.2, 0) is 19.0 Å². The molecule has 1 rings (SSSR count). The molecule has 1 saturated heterocycles. The third-order valence-electron chi connectivity index (χ3n) is 2.14. The van der Waals surface area contributed by atoms with Crippen LogP contribution < -0.4 is 0 Å². The zero-order valence-corrected chi connectivity index (χ0v) is 10.5. The van der Waals surface area contributed by atoms with E-state index in [1.165, 1.54) is 7.11 Å². The van der Waals surface area contributed by atoms with Gasteiger partial charge in [0.05, 0.1) is 13.7 Å². The molecule has 1 aliphatic heterocycles. The minimum Gasteiger partial charge on any atom is -0.468 e. The average Bonchev–Trinajstić information content (AvgIpc) is 2.55. The normalized spacial score (nSPS) is 28.5. The monoisotopic (exact) mass is 282 g/mol. The van der Waals surface area contributed by atoms with Crippen LogP contribution in [0.1, 0.15) is 13.8 Å². The number of alkyl halides is 1. The number of aliphatic hydroxyl groups excluding tert-OH is 1. The van der Waals surface area contributed by atoms with Gasteiger partial charge in [0, 0.05) is 0 Å². The van der Waals surface area contributed by atoms with Gasteiger partial charge in [-0.3, -0.25) is 4.79 Å². The molecule has 1 heterocycles. The number of aliphatic hydroxyl groups is 1. The summed E-state index contributed by atoms with van der Waals surface area (Å²) in [6.07, 6.45) is -1.51. The van der Waals surface area contributed by atoms with Crippen LogP contribution in [0, 0.1) is 0 Å². The lowest BCUT2D eigenvalue weighted by Gasteiger charge is -2.22. The number of halogens is 1. The Kier molecular flexibility index (Phi) is 4.11. The molecule has 5 nitrogen and oxygen atoms in total. The van der Waals surface area contributed by atoms with Crippen LogP contribution in [0.2, 0.25) is 0 Å². The second-order valence-corrected chi connectivity index (χ2v) is 4.77. The van der Waals surface area contributed by atoms with Gasteiger partial charge in [-0.25, -0.2) is 0 Å². The number of carbonyl (C=O) groups excluding carboxylic acids is 1. The third kappa shape index (κ3) is 3.14. The number of rotatable bonds is 3. The molecule has 6 heteroatoms. The number of carbonyl (C=O) groups is 1. The summed E-state index contributed by atoms with van der Waals surface area (Å²) in [5.41, 5.74) is 0. The zero-order chi connectivity index (χ0) is 11.6. The van der Waals surface area contributed by atoms with Gasteiger partial charge in [-0.2, -0.15) is 0 Å². The van der Waals surface area contributed by atoms with E-state index in [-0.39, 0.29) is 6.61 Å². The van der Waals surface area contributed by atoms with Crippen LogP contribution in [0.15, 0.2) is 0 Å². The molecule has 3 atom stereocenters. The molecule has 0 spiro atoms. The second-order valence-electron chi connectivity index (χ2n) is 3.78. The van der Waals surface area contributed by atoms with Crippen molar-refractivity contribution in [2.24, 2.45) is 0 Å². The summed E-state index contributed by atoms with van der Waals surface area (Å²) >= 11 is 3.06. The SMILES string of the molecule is COC(=O)[C@@H](Br)[C@H](O)[C@H]1COC(C)(C)O1. The largest absolute Gasteiger partial charge is 0.468 e. The molecule has 0 aromatic heterocycles. The van der Waals surface area contributed by atoms with Crippen molar-refractivity contribution in [3.8, 4) is 0 Å². The molecule has 0 aliphatic carbocycles. The fourth-order valence-corrected chi connectivity index (χ4v) is 1.85. The van der Waals surface area contributed by atoms with Gasteiger partial charge in [-0.1, -0.05) is 15.9 Å². The molecular formula is C9H15BrO5. The van der Waals surface area contributed by atoms with Gasteiger partial charge in [0.2, 0.25) is 0 Å². The first kappa shape index (κ1) is 12.9. The van der Waals surface area contributed by atoms with Gasteiger partial charge >= 0.3 is 5.97 Å². The molecule has 1 aliphatic rings. The highest BCUT2D eigenvalue weighted by Gasteiger charge is 2.41. The molecule has 0 aromatic rings. The molecular weight excluding hydrogens is 268 g/mol. The maximum Gasteiger partial charge on any atom is 0.322 e. The number of ether oxygens (including phenoxy) is 3. The lowest BCUT2D eigenvalue weighted by molar-refractivity contribution is -0.157. The van der Waals surface area contributed by atoms with Crippen LogP contribution in [-0.4, -0.2) is 47.6 Å². The number of hydrogen-bond acceptors (Lipinski definition) is 5. The third-order valence-corrected chi connectivity index (χ3v) is 3.05. The van der Waals surface area contributed by atoms with E-state index in [1.54, 1.807) is 13.8 Å². The Labute approximate surface area is 96.8 Å². The van der Waals surface area contributed by atoms with Crippen LogP contribution in [0.4, 0.5) is 0 Å². The van der Waals surface area contributed by atoms with E-state index in [2.05, 4.69) is 20.7 Å². The van der Waals surface area contributed by atoms with E-state index in [9.17, 15) is 9.90 Å². The fourth-order valence-electron chi connectivity index (χ4n) is 1.32. The standard InChI is InChI=1S/C9H15BrO5/c1-9(2)14-4-5(15-9)7(11)6(10)8(12)13-3/h5-7,11H,4H2,1-3H3/t5-,6+,7-/m1/s1. The van der Waals surface area contributed by atoms with Gasteiger partial charge in [-0.15, -0.1) is 0 Å². The number of hydrogen-bond donors (Lipinski definition) is 1. The quantitative estimate of drug-likeness (QED) is 0.601. The Morgan fingerprint density at radius 3 is 2.67 bits per heavy atom. The smallest absolute Gasteiger partial charge is 0.322 e. The van der Waals surface area contributed by atoms with Crippen LogP contribution >= 0.6 is 15.9 Å². The van der Waals surface area contributed by atoms with E-state index in [1.807, 2.05) is 0 Å². The minimum absolute atomic E-state index is 0.257. The Bertz CT molecular complexity index is 243. The van der Waals surface area contributed by atoms with Gasteiger partial charge in [0.1, 0.15) is 17.0 Å². The van der Waals surface area contributed by atoms with Crippen LogP contribution in [0.5, 0.6) is 0 Å². The van der Waals surface area contributed by atoms with Crippen molar-refractivity contribution in [3.05, 3.63) is 0 Å². The van der Waals surface area contributed by atoms with E-state index in [4.69, 9.17) is 9.47 Å². The average molecular weight is 283 g/mol. The maximum atomic E-state index is 11.1. The van der Waals surface area contributed by atoms with Crippen LogP contribution in [0.3, 0.4) is 0 Å². The number of esters is 1. The molecule has 88 valence electrons. The molecule has 1 N–H and O–H groups in total. The molecule has 1 fully saturated rings. The molecule has 0 radical (unpaired) electrons. The van der Waals surface area contributed by atoms with Crippen molar-refractivity contribution < 1.29 is 24.1 Å². The summed E-state index contributed by atoms with van der Waals surface area (Å²) in [6, 6.07) is 0. The predicted octanol–water partition coefficient (Wildman–Crippen LogP) is 0.435. The van der Waals surface area contributed by atoms with Crippen molar-refractivity contribution in [3.63, 3.8) is 0 Å². The van der Waals surface area contributed by atoms with E-state index in [0.717, 1.165) is 0 Å². The molecule has 0 saturated carbocycles. The first-order chi connectivity index (χ1) is 6.87. The van der Waals surface area contributed by atoms with Crippen molar-refractivity contribution in [1.82, 2.24) is 0 Å². The highest BCUT2D eigenvalue weighted by Crippen LogP contribution is 2.27. The molecule has 0 aromatic carbocycles. The van der Waals surface area contributed by atoms with Crippen molar-refractivity contribution in [2.45, 2.75) is 36.7 Å². The van der Waals surface area contributed by atoms with Gasteiger partial charge in [-0.05, 0) is 13.8 Å². The Morgan fingerprint density at radius 2 is 2.27 bits per heavy atom. The van der Waals surface area contributed by atoms with E-state index < -0.39 is 28.8 Å². The van der Waals surface area contributed by atoms with Gasteiger partial charge in [0.15, 0.2) is 5.79 Å². The topological polar surface area (TPSA) is 65.0 Å². The number of methoxy groups -OCH3 is 1. The molecule has 0 bridgehead atoms. The summed E-state index contributed by atoms with van der Waals surface area (Å²) in [6.45, 7) is 3.76. The summed E-state index contributed by atoms with van der Waals surface area (Å²) in [5, 5.41) is 9.80. The maximum absolute atomic E-state index is 11.1. The highest BCUT2D eigenvalue weighted by atomic mass is 79.9. The van der Waals surface area contributed by atoms with Crippen molar-refractivity contribution in [2.75, 3.05) is 13.7 Å². The second kappa shape index (κ2) is 4.78. The molecule has 0 unspecified atom stereocenters. The highest BCUT2D eigenvalue weighted by molar-refractivity contribution is 9.10. The first-order valence-electron chi connectivity index (χ1n) is 4.59. The van der Waals surface area contributed by atoms with Gasteiger partial charge in [0.25, 0.3) is 0 Å². The summed E-state index contributed by atoms with van der Waals surface area (Å²) in [4.78, 5) is 10.3. The van der Waals surface area contributed by atoms with Gasteiger partial charge < -0.3 is 19.3 Å². The fraction of sp³-hybridized carbons (Fsp3) is 0.889. The van der Waals surface area contributed by atoms with E-state index >= 15 is 0 Å². The Hall–Kier alpha value is -0.170. The summed E-state index contributed by atoms with van der Waals surface area (Å²) in [5.74, 6) is -1.25. The van der Waals surface area contributed by atoms with Crippen molar-refractivity contribution in [1.29, 1.82) is 0 Å². The Balaban J connectivity index is 2.55. The summed E-state index contributed by atoms with van der Waals surface area (Å²) in [7, 11) is 1.26.